The summed E-state index contributed by atoms with van der Waals surface area (Å²) in [5, 5.41) is 2.18. The molecule has 2 aromatic carbocycles. The minimum Gasteiger partial charge on any atom is -0.469 e. The molecule has 94 valence electrons. The summed E-state index contributed by atoms with van der Waals surface area (Å²) in [6.07, 6.45) is 1.88. The van der Waals surface area contributed by atoms with Gasteiger partial charge in [0.25, 0.3) is 0 Å². The summed E-state index contributed by atoms with van der Waals surface area (Å²) >= 11 is 3.44. The second-order valence-electron chi connectivity index (χ2n) is 4.39. The molecule has 0 saturated heterocycles. The third-order valence-corrected chi connectivity index (χ3v) is 3.53. The van der Waals surface area contributed by atoms with E-state index < -0.39 is 0 Å². The van der Waals surface area contributed by atoms with Crippen molar-refractivity contribution in [2.75, 3.05) is 0 Å². The summed E-state index contributed by atoms with van der Waals surface area (Å²) in [6.45, 7) is 0. The van der Waals surface area contributed by atoms with Crippen molar-refractivity contribution >= 4 is 32.5 Å². The van der Waals surface area contributed by atoms with Crippen LogP contribution in [-0.4, -0.2) is 5.78 Å². The van der Waals surface area contributed by atoms with Crippen LogP contribution in [0.2, 0.25) is 0 Å². The van der Waals surface area contributed by atoms with Crippen LogP contribution in [0.3, 0.4) is 0 Å². The Morgan fingerprint density at radius 3 is 2.63 bits per heavy atom. The van der Waals surface area contributed by atoms with Gasteiger partial charge in [-0.1, -0.05) is 34.1 Å². The van der Waals surface area contributed by atoms with Gasteiger partial charge in [0.1, 0.15) is 5.76 Å². The molecule has 0 fully saturated rings. The molecule has 19 heavy (non-hydrogen) atoms. The highest BCUT2D eigenvalue weighted by Gasteiger charge is 2.09. The fourth-order valence-electron chi connectivity index (χ4n) is 2.06. The number of carbonyl (C=O) groups excluding carboxylic acids is 1. The molecule has 0 spiro atoms. The maximum absolute atomic E-state index is 12.2. The first kappa shape index (κ1) is 12.2. The van der Waals surface area contributed by atoms with Crippen molar-refractivity contribution in [1.82, 2.24) is 0 Å². The van der Waals surface area contributed by atoms with E-state index in [-0.39, 0.29) is 5.78 Å². The molecule has 2 nitrogen and oxygen atoms in total. The second-order valence-corrected chi connectivity index (χ2v) is 5.30. The van der Waals surface area contributed by atoms with Crippen molar-refractivity contribution in [3.8, 4) is 0 Å². The molecule has 0 aliphatic heterocycles. The topological polar surface area (TPSA) is 30.2 Å². The number of furan rings is 1. The lowest BCUT2D eigenvalue weighted by molar-refractivity contribution is 0.0987. The maximum atomic E-state index is 12.2. The van der Waals surface area contributed by atoms with Crippen molar-refractivity contribution in [2.45, 2.75) is 6.42 Å². The zero-order chi connectivity index (χ0) is 13.2. The molecule has 0 N–H and O–H groups in total. The van der Waals surface area contributed by atoms with Gasteiger partial charge < -0.3 is 4.42 Å². The molecule has 0 aliphatic rings. The second kappa shape index (κ2) is 5.02. The van der Waals surface area contributed by atoms with Crippen molar-refractivity contribution in [3.63, 3.8) is 0 Å². The lowest BCUT2D eigenvalue weighted by Crippen LogP contribution is -2.02. The summed E-state index contributed by atoms with van der Waals surface area (Å²) < 4.78 is 6.24. The Morgan fingerprint density at radius 2 is 1.84 bits per heavy atom. The highest BCUT2D eigenvalue weighted by atomic mass is 79.9. The van der Waals surface area contributed by atoms with E-state index in [0.717, 1.165) is 15.2 Å². The van der Waals surface area contributed by atoms with Gasteiger partial charge in [0.05, 0.1) is 12.7 Å². The first-order valence-electron chi connectivity index (χ1n) is 5.97. The number of halogens is 1. The third-order valence-electron chi connectivity index (χ3n) is 3.04. The minimum atomic E-state index is 0.0692. The van der Waals surface area contributed by atoms with Crippen LogP contribution >= 0.6 is 15.9 Å². The van der Waals surface area contributed by atoms with Gasteiger partial charge in [-0.15, -0.1) is 0 Å². The van der Waals surface area contributed by atoms with Gasteiger partial charge in [-0.25, -0.2) is 0 Å². The Hall–Kier alpha value is -1.87. The highest BCUT2D eigenvalue weighted by molar-refractivity contribution is 9.10. The molecular formula is C16H11BrO2. The fourth-order valence-corrected chi connectivity index (χ4v) is 2.44. The Bertz CT molecular complexity index is 730. The molecule has 1 aromatic heterocycles. The SMILES string of the molecule is O=C(Cc1ccco1)c1ccc2cc(Br)ccc2c1. The van der Waals surface area contributed by atoms with Crippen LogP contribution in [-0.2, 0) is 6.42 Å². The van der Waals surface area contributed by atoms with Crippen LogP contribution < -0.4 is 0 Å². The molecule has 0 saturated carbocycles. The molecular weight excluding hydrogens is 304 g/mol. The lowest BCUT2D eigenvalue weighted by atomic mass is 10.0. The van der Waals surface area contributed by atoms with Gasteiger partial charge in [0, 0.05) is 10.0 Å². The molecule has 3 aromatic rings. The van der Waals surface area contributed by atoms with Crippen molar-refractivity contribution in [3.05, 3.63) is 70.6 Å². The predicted molar refractivity (Wildman–Crippen MR) is 78.4 cm³/mol. The number of rotatable bonds is 3. The van der Waals surface area contributed by atoms with E-state index in [1.807, 2.05) is 42.5 Å². The monoisotopic (exact) mass is 314 g/mol. The number of hydrogen-bond acceptors (Lipinski definition) is 2. The normalized spacial score (nSPS) is 10.8. The van der Waals surface area contributed by atoms with Crippen LogP contribution in [0, 0.1) is 0 Å². The zero-order valence-corrected chi connectivity index (χ0v) is 11.7. The highest BCUT2D eigenvalue weighted by Crippen LogP contribution is 2.21. The average Bonchev–Trinajstić information content (AvgIpc) is 2.91. The van der Waals surface area contributed by atoms with E-state index in [1.54, 1.807) is 12.3 Å². The molecule has 0 atom stereocenters. The van der Waals surface area contributed by atoms with Crippen molar-refractivity contribution in [1.29, 1.82) is 0 Å². The maximum Gasteiger partial charge on any atom is 0.170 e. The quantitative estimate of drug-likeness (QED) is 0.660. The number of hydrogen-bond donors (Lipinski definition) is 0. The predicted octanol–water partition coefficient (Wildman–Crippen LogP) is 4.62. The van der Waals surface area contributed by atoms with Crippen LogP contribution in [0.1, 0.15) is 16.1 Å². The fraction of sp³-hybridized carbons (Fsp3) is 0.0625. The largest absolute Gasteiger partial charge is 0.469 e. The Labute approximate surface area is 119 Å². The average molecular weight is 315 g/mol. The van der Waals surface area contributed by atoms with Crippen LogP contribution in [0.15, 0.2) is 63.7 Å². The Kier molecular flexibility index (Phi) is 3.22. The van der Waals surface area contributed by atoms with E-state index in [4.69, 9.17) is 4.42 Å². The zero-order valence-electron chi connectivity index (χ0n) is 10.1. The van der Waals surface area contributed by atoms with Crippen molar-refractivity contribution < 1.29 is 9.21 Å². The van der Waals surface area contributed by atoms with Crippen LogP contribution in [0.25, 0.3) is 10.8 Å². The molecule has 0 aliphatic carbocycles. The molecule has 3 heteroatoms. The molecule has 0 bridgehead atoms. The number of fused-ring (bicyclic) bond motifs is 1. The summed E-state index contributed by atoms with van der Waals surface area (Å²) in [5.41, 5.74) is 0.714. The number of Topliss-reactive ketones (excluding diaryl/α,β-unsaturated/α-hetero) is 1. The van der Waals surface area contributed by atoms with Crippen LogP contribution in [0.4, 0.5) is 0 Å². The molecule has 3 rings (SSSR count). The Morgan fingerprint density at radius 1 is 1.05 bits per heavy atom. The lowest BCUT2D eigenvalue weighted by Gasteiger charge is -2.03. The molecule has 0 unspecified atom stereocenters. The van der Waals surface area contributed by atoms with Gasteiger partial charge in [0.2, 0.25) is 0 Å². The smallest absolute Gasteiger partial charge is 0.170 e. The van der Waals surface area contributed by atoms with E-state index in [1.165, 1.54) is 0 Å². The summed E-state index contributed by atoms with van der Waals surface area (Å²) in [4.78, 5) is 12.2. The van der Waals surface area contributed by atoms with Crippen LogP contribution in [0.5, 0.6) is 0 Å². The molecule has 0 amide bonds. The first-order valence-corrected chi connectivity index (χ1v) is 6.76. The van der Waals surface area contributed by atoms with Gasteiger partial charge in [0.15, 0.2) is 5.78 Å². The number of carbonyl (C=O) groups is 1. The molecule has 1 heterocycles. The van der Waals surface area contributed by atoms with Gasteiger partial charge in [-0.2, -0.15) is 0 Å². The van der Waals surface area contributed by atoms with E-state index >= 15 is 0 Å². The van der Waals surface area contributed by atoms with Crippen molar-refractivity contribution in [2.24, 2.45) is 0 Å². The van der Waals surface area contributed by atoms with E-state index in [9.17, 15) is 4.79 Å². The number of benzene rings is 2. The standard InChI is InChI=1S/C16H11BrO2/c17-14-6-5-11-8-13(4-3-12(11)9-14)16(18)10-15-2-1-7-19-15/h1-9H,10H2. The third kappa shape index (κ3) is 2.61. The van der Waals surface area contributed by atoms with E-state index in [0.29, 0.717) is 17.7 Å². The number of ketones is 1. The molecule has 0 radical (unpaired) electrons. The summed E-state index contributed by atoms with van der Waals surface area (Å²) in [5.74, 6) is 0.765. The first-order chi connectivity index (χ1) is 9.22. The Balaban J connectivity index is 1.92. The summed E-state index contributed by atoms with van der Waals surface area (Å²) in [7, 11) is 0. The van der Waals surface area contributed by atoms with Gasteiger partial charge >= 0.3 is 0 Å². The minimum absolute atomic E-state index is 0.0692. The van der Waals surface area contributed by atoms with Gasteiger partial charge in [-0.05, 0) is 41.1 Å². The van der Waals surface area contributed by atoms with Gasteiger partial charge in [-0.3, -0.25) is 4.79 Å². The van der Waals surface area contributed by atoms with E-state index in [2.05, 4.69) is 15.9 Å². The summed E-state index contributed by atoms with van der Waals surface area (Å²) in [6, 6.07) is 15.4.